The Hall–Kier alpha value is -2.33. The molecule has 4 nitrogen and oxygen atoms in total. The van der Waals surface area contributed by atoms with Crippen LogP contribution in [0.25, 0.3) is 10.9 Å². The number of fused-ring (bicyclic) bond motifs is 1. The van der Waals surface area contributed by atoms with Crippen LogP contribution in [-0.4, -0.2) is 15.5 Å². The van der Waals surface area contributed by atoms with Gasteiger partial charge in [0.05, 0.1) is 0 Å². The first-order valence-corrected chi connectivity index (χ1v) is 6.95. The molecule has 0 fully saturated rings. The van der Waals surface area contributed by atoms with E-state index < -0.39 is 0 Å². The Bertz CT molecular complexity index is 796. The molecule has 3 rings (SSSR count). The lowest BCUT2D eigenvalue weighted by Crippen LogP contribution is -2.24. The predicted molar refractivity (Wildman–Crippen MR) is 83.3 cm³/mol. The van der Waals surface area contributed by atoms with E-state index in [9.17, 15) is 4.79 Å². The number of aryl methyl sites for hydroxylation is 1. The summed E-state index contributed by atoms with van der Waals surface area (Å²) in [5, 5.41) is 4.52. The molecular formula is C16H14ClN3O. The van der Waals surface area contributed by atoms with E-state index in [1.54, 1.807) is 12.4 Å². The molecule has 0 bridgehead atoms. The number of nitrogens with zero attached hydrogens (tertiary/aromatic N) is 2. The van der Waals surface area contributed by atoms with Crippen molar-refractivity contribution in [3.63, 3.8) is 0 Å². The van der Waals surface area contributed by atoms with Gasteiger partial charge in [0, 0.05) is 41.9 Å². The maximum absolute atomic E-state index is 12.3. The van der Waals surface area contributed by atoms with Crippen molar-refractivity contribution in [1.29, 1.82) is 0 Å². The van der Waals surface area contributed by atoms with E-state index in [0.717, 1.165) is 16.5 Å². The lowest BCUT2D eigenvalue weighted by atomic mass is 10.2. The third kappa shape index (κ3) is 2.76. The van der Waals surface area contributed by atoms with Crippen LogP contribution in [-0.2, 0) is 13.6 Å². The average molecular weight is 300 g/mol. The van der Waals surface area contributed by atoms with E-state index in [4.69, 9.17) is 11.6 Å². The zero-order valence-electron chi connectivity index (χ0n) is 11.5. The number of nitrogens with one attached hydrogen (secondary N) is 1. The highest BCUT2D eigenvalue weighted by Gasteiger charge is 2.13. The smallest absolute Gasteiger partial charge is 0.268 e. The molecule has 0 aliphatic rings. The van der Waals surface area contributed by atoms with Gasteiger partial charge >= 0.3 is 0 Å². The molecule has 21 heavy (non-hydrogen) atoms. The molecule has 1 N–H and O–H groups in total. The van der Waals surface area contributed by atoms with Gasteiger partial charge in [-0.05, 0) is 35.9 Å². The molecule has 0 radical (unpaired) electrons. The van der Waals surface area contributed by atoms with Crippen LogP contribution in [0.5, 0.6) is 0 Å². The first-order valence-electron chi connectivity index (χ1n) is 6.57. The highest BCUT2D eigenvalue weighted by molar-refractivity contribution is 6.31. The van der Waals surface area contributed by atoms with Crippen LogP contribution in [0.2, 0.25) is 5.02 Å². The fourth-order valence-corrected chi connectivity index (χ4v) is 2.49. The topological polar surface area (TPSA) is 46.9 Å². The van der Waals surface area contributed by atoms with Crippen molar-refractivity contribution >= 4 is 28.4 Å². The summed E-state index contributed by atoms with van der Waals surface area (Å²) in [6.45, 7) is 0.453. The van der Waals surface area contributed by atoms with Crippen LogP contribution in [0.3, 0.4) is 0 Å². The average Bonchev–Trinajstić information content (AvgIpc) is 2.82. The molecule has 1 amide bonds. The molecule has 5 heteroatoms. The van der Waals surface area contributed by atoms with Crippen molar-refractivity contribution in [1.82, 2.24) is 14.9 Å². The summed E-state index contributed by atoms with van der Waals surface area (Å²) in [5.74, 6) is -0.117. The normalized spacial score (nSPS) is 10.8. The molecule has 0 saturated heterocycles. The van der Waals surface area contributed by atoms with Gasteiger partial charge in [0.15, 0.2) is 0 Å². The number of halogens is 1. The first-order chi connectivity index (χ1) is 10.1. The summed E-state index contributed by atoms with van der Waals surface area (Å²) in [4.78, 5) is 16.3. The quantitative estimate of drug-likeness (QED) is 0.807. The maximum atomic E-state index is 12.3. The highest BCUT2D eigenvalue weighted by atomic mass is 35.5. The number of hydrogen-bond acceptors (Lipinski definition) is 2. The molecule has 2 aromatic heterocycles. The Kier molecular flexibility index (Phi) is 3.62. The second-order valence-corrected chi connectivity index (χ2v) is 5.27. The van der Waals surface area contributed by atoms with Crippen molar-refractivity contribution in [2.24, 2.45) is 7.05 Å². The Morgan fingerprint density at radius 3 is 2.95 bits per heavy atom. The molecule has 0 aliphatic heterocycles. The summed E-state index contributed by atoms with van der Waals surface area (Å²) >= 11 is 5.98. The van der Waals surface area contributed by atoms with Gasteiger partial charge in [-0.1, -0.05) is 17.7 Å². The molecule has 0 spiro atoms. The molecule has 106 valence electrons. The Balaban J connectivity index is 1.83. The van der Waals surface area contributed by atoms with E-state index >= 15 is 0 Å². The molecule has 0 unspecified atom stereocenters. The maximum Gasteiger partial charge on any atom is 0.268 e. The summed E-state index contributed by atoms with van der Waals surface area (Å²) in [5.41, 5.74) is 2.55. The van der Waals surface area contributed by atoms with Gasteiger partial charge in [-0.2, -0.15) is 0 Å². The van der Waals surface area contributed by atoms with Crippen molar-refractivity contribution in [3.05, 3.63) is 65.1 Å². The molecule has 0 aliphatic carbocycles. The lowest BCUT2D eigenvalue weighted by molar-refractivity contribution is 0.0943. The minimum atomic E-state index is -0.117. The highest BCUT2D eigenvalue weighted by Crippen LogP contribution is 2.22. The second-order valence-electron chi connectivity index (χ2n) is 4.84. The van der Waals surface area contributed by atoms with Crippen molar-refractivity contribution < 1.29 is 4.79 Å². The number of carbonyl (C=O) groups excluding carboxylic acids is 1. The number of pyridine rings is 1. The third-order valence-electron chi connectivity index (χ3n) is 3.41. The number of hydrogen-bond donors (Lipinski definition) is 1. The van der Waals surface area contributed by atoms with Crippen LogP contribution in [0.4, 0.5) is 0 Å². The molecule has 1 aromatic carbocycles. The minimum Gasteiger partial charge on any atom is -0.347 e. The van der Waals surface area contributed by atoms with Gasteiger partial charge < -0.3 is 9.88 Å². The van der Waals surface area contributed by atoms with Crippen LogP contribution in [0.1, 0.15) is 16.1 Å². The van der Waals surface area contributed by atoms with Gasteiger partial charge in [0.25, 0.3) is 5.91 Å². The summed E-state index contributed by atoms with van der Waals surface area (Å²) in [6.07, 6.45) is 3.44. The summed E-state index contributed by atoms with van der Waals surface area (Å²) in [7, 11) is 1.87. The third-order valence-corrected chi connectivity index (χ3v) is 3.65. The number of amides is 1. The zero-order chi connectivity index (χ0) is 14.8. The SMILES string of the molecule is Cn1c(C(=O)NCc2cccnc2)cc2cc(Cl)ccc21. The molecule has 0 saturated carbocycles. The van der Waals surface area contributed by atoms with Crippen LogP contribution in [0, 0.1) is 0 Å². The minimum absolute atomic E-state index is 0.117. The van der Waals surface area contributed by atoms with E-state index in [0.29, 0.717) is 17.3 Å². The van der Waals surface area contributed by atoms with Gasteiger partial charge in [0.1, 0.15) is 5.69 Å². The first kappa shape index (κ1) is 13.6. The zero-order valence-corrected chi connectivity index (χ0v) is 12.3. The Labute approximate surface area is 127 Å². The van der Waals surface area contributed by atoms with Crippen molar-refractivity contribution in [2.75, 3.05) is 0 Å². The van der Waals surface area contributed by atoms with E-state index in [1.165, 1.54) is 0 Å². The van der Waals surface area contributed by atoms with Gasteiger partial charge in [0.2, 0.25) is 0 Å². The van der Waals surface area contributed by atoms with Crippen molar-refractivity contribution in [2.45, 2.75) is 6.54 Å². The van der Waals surface area contributed by atoms with Crippen LogP contribution in [0.15, 0.2) is 48.8 Å². The monoisotopic (exact) mass is 299 g/mol. The number of rotatable bonds is 3. The van der Waals surface area contributed by atoms with E-state index in [2.05, 4.69) is 10.3 Å². The molecule has 3 aromatic rings. The Morgan fingerprint density at radius 2 is 2.19 bits per heavy atom. The largest absolute Gasteiger partial charge is 0.347 e. The lowest BCUT2D eigenvalue weighted by Gasteiger charge is -2.06. The van der Waals surface area contributed by atoms with Crippen molar-refractivity contribution in [3.8, 4) is 0 Å². The Morgan fingerprint density at radius 1 is 1.33 bits per heavy atom. The van der Waals surface area contributed by atoms with Gasteiger partial charge in [-0.15, -0.1) is 0 Å². The van der Waals surface area contributed by atoms with Gasteiger partial charge in [-0.25, -0.2) is 0 Å². The van der Waals surface area contributed by atoms with Crippen LogP contribution >= 0.6 is 11.6 Å². The molecule has 0 atom stereocenters. The summed E-state index contributed by atoms with van der Waals surface area (Å²) < 4.78 is 1.87. The van der Waals surface area contributed by atoms with E-state index in [-0.39, 0.29) is 5.91 Å². The summed E-state index contributed by atoms with van der Waals surface area (Å²) in [6, 6.07) is 11.2. The second kappa shape index (κ2) is 5.58. The van der Waals surface area contributed by atoms with Crippen LogP contribution < -0.4 is 5.32 Å². The fourth-order valence-electron chi connectivity index (χ4n) is 2.31. The number of benzene rings is 1. The fraction of sp³-hybridized carbons (Fsp3) is 0.125. The molecule has 2 heterocycles. The standard InChI is InChI=1S/C16H14ClN3O/c1-20-14-5-4-13(17)7-12(14)8-15(20)16(21)19-10-11-3-2-6-18-9-11/h2-9H,10H2,1H3,(H,19,21). The number of aromatic nitrogens is 2. The number of carbonyl (C=O) groups is 1. The molecular weight excluding hydrogens is 286 g/mol. The van der Waals surface area contributed by atoms with E-state index in [1.807, 2.05) is 48.0 Å². The predicted octanol–water partition coefficient (Wildman–Crippen LogP) is 3.16. The van der Waals surface area contributed by atoms with Gasteiger partial charge in [-0.3, -0.25) is 9.78 Å².